The zero-order chi connectivity index (χ0) is 11.8. The molecule has 0 aliphatic heterocycles. The van der Waals surface area contributed by atoms with Gasteiger partial charge >= 0.3 is 0 Å². The van der Waals surface area contributed by atoms with Crippen molar-refractivity contribution in [3.63, 3.8) is 0 Å². The van der Waals surface area contributed by atoms with Crippen molar-refractivity contribution >= 4 is 16.6 Å². The summed E-state index contributed by atoms with van der Waals surface area (Å²) in [4.78, 5) is 3.37. The van der Waals surface area contributed by atoms with Gasteiger partial charge < -0.3 is 16.0 Å². The molecule has 1 heterocycles. The van der Waals surface area contributed by atoms with E-state index in [4.69, 9.17) is 5.73 Å². The Labute approximate surface area is 96.0 Å². The average Bonchev–Trinajstić information content (AvgIpc) is 2.56. The first-order valence-electron chi connectivity index (χ1n) is 5.59. The highest BCUT2D eigenvalue weighted by atomic mass is 15.0. The fourth-order valence-electron chi connectivity index (χ4n) is 1.83. The number of para-hydroxylation sites is 1. The minimum Gasteiger partial charge on any atom is -0.377 e. The molecule has 0 saturated carbocycles. The van der Waals surface area contributed by atoms with Gasteiger partial charge in [0.1, 0.15) is 0 Å². The Morgan fingerprint density at radius 1 is 1.31 bits per heavy atom. The zero-order valence-corrected chi connectivity index (χ0v) is 10.1. The van der Waals surface area contributed by atoms with E-state index in [1.807, 2.05) is 6.07 Å². The third-order valence-electron chi connectivity index (χ3n) is 2.87. The lowest BCUT2D eigenvalue weighted by atomic mass is 10.1. The van der Waals surface area contributed by atoms with Gasteiger partial charge in [0.25, 0.3) is 0 Å². The van der Waals surface area contributed by atoms with Crippen LogP contribution in [0.2, 0.25) is 0 Å². The number of anilines is 1. The fourth-order valence-corrected chi connectivity index (χ4v) is 1.83. The number of aryl methyl sites for hydroxylation is 1. The lowest BCUT2D eigenvalue weighted by Gasteiger charge is -2.25. The van der Waals surface area contributed by atoms with E-state index in [-0.39, 0.29) is 5.54 Å². The van der Waals surface area contributed by atoms with Crippen molar-refractivity contribution in [2.45, 2.75) is 26.3 Å². The summed E-state index contributed by atoms with van der Waals surface area (Å²) in [5.41, 5.74) is 9.13. The number of aromatic nitrogens is 1. The summed E-state index contributed by atoms with van der Waals surface area (Å²) in [5.74, 6) is 0. The SMILES string of the molecule is Cc1[nH]c2ccccc2c1NC(C)(C)CN. The number of hydrogen-bond donors (Lipinski definition) is 3. The number of nitrogens with one attached hydrogen (secondary N) is 2. The van der Waals surface area contributed by atoms with E-state index in [1.54, 1.807) is 0 Å². The second kappa shape index (κ2) is 3.83. The minimum atomic E-state index is -0.0876. The smallest absolute Gasteiger partial charge is 0.0632 e. The molecule has 1 aromatic heterocycles. The Hall–Kier alpha value is -1.48. The van der Waals surface area contributed by atoms with Gasteiger partial charge in [0.2, 0.25) is 0 Å². The van der Waals surface area contributed by atoms with Crippen LogP contribution in [0.4, 0.5) is 5.69 Å². The van der Waals surface area contributed by atoms with Gasteiger partial charge in [0.15, 0.2) is 0 Å². The van der Waals surface area contributed by atoms with E-state index in [9.17, 15) is 0 Å². The number of rotatable bonds is 3. The van der Waals surface area contributed by atoms with Gasteiger partial charge in [0.05, 0.1) is 5.69 Å². The van der Waals surface area contributed by atoms with Crippen LogP contribution in [-0.2, 0) is 0 Å². The highest BCUT2D eigenvalue weighted by Crippen LogP contribution is 2.29. The highest BCUT2D eigenvalue weighted by molar-refractivity contribution is 5.94. The summed E-state index contributed by atoms with van der Waals surface area (Å²) in [5, 5.41) is 4.73. The van der Waals surface area contributed by atoms with Gasteiger partial charge in [-0.05, 0) is 26.8 Å². The molecule has 0 saturated heterocycles. The van der Waals surface area contributed by atoms with Crippen LogP contribution in [0.5, 0.6) is 0 Å². The Morgan fingerprint density at radius 3 is 2.69 bits per heavy atom. The molecule has 4 N–H and O–H groups in total. The molecule has 0 radical (unpaired) electrons. The van der Waals surface area contributed by atoms with Crippen LogP contribution < -0.4 is 11.1 Å². The van der Waals surface area contributed by atoms with Gasteiger partial charge in [-0.15, -0.1) is 0 Å². The molecule has 0 unspecified atom stereocenters. The lowest BCUT2D eigenvalue weighted by Crippen LogP contribution is -2.39. The van der Waals surface area contributed by atoms with Crippen molar-refractivity contribution in [2.75, 3.05) is 11.9 Å². The second-order valence-electron chi connectivity index (χ2n) is 4.88. The molecular formula is C13H19N3. The van der Waals surface area contributed by atoms with Crippen molar-refractivity contribution in [2.24, 2.45) is 5.73 Å². The summed E-state index contributed by atoms with van der Waals surface area (Å²) in [7, 11) is 0. The summed E-state index contributed by atoms with van der Waals surface area (Å²) < 4.78 is 0. The number of hydrogen-bond acceptors (Lipinski definition) is 2. The molecule has 0 bridgehead atoms. The van der Waals surface area contributed by atoms with Gasteiger partial charge in [-0.25, -0.2) is 0 Å². The molecule has 3 heteroatoms. The highest BCUT2D eigenvalue weighted by Gasteiger charge is 2.18. The monoisotopic (exact) mass is 217 g/mol. The molecule has 2 rings (SSSR count). The van der Waals surface area contributed by atoms with E-state index < -0.39 is 0 Å². The molecule has 0 atom stereocenters. The molecule has 2 aromatic rings. The fraction of sp³-hybridized carbons (Fsp3) is 0.385. The maximum absolute atomic E-state index is 5.74. The summed E-state index contributed by atoms with van der Waals surface area (Å²) in [6, 6.07) is 8.29. The predicted molar refractivity (Wildman–Crippen MR) is 69.8 cm³/mol. The van der Waals surface area contributed by atoms with Crippen molar-refractivity contribution < 1.29 is 0 Å². The first-order chi connectivity index (χ1) is 7.53. The topological polar surface area (TPSA) is 53.8 Å². The summed E-state index contributed by atoms with van der Waals surface area (Å²) >= 11 is 0. The Morgan fingerprint density at radius 2 is 2.00 bits per heavy atom. The first kappa shape index (κ1) is 11.0. The van der Waals surface area contributed by atoms with Crippen LogP contribution in [0, 0.1) is 6.92 Å². The molecule has 86 valence electrons. The summed E-state index contributed by atoms with van der Waals surface area (Å²) in [6.45, 7) is 6.89. The van der Waals surface area contributed by atoms with Crippen LogP contribution in [0.15, 0.2) is 24.3 Å². The molecule has 0 fully saturated rings. The maximum Gasteiger partial charge on any atom is 0.0632 e. The van der Waals surface area contributed by atoms with E-state index in [0.29, 0.717) is 6.54 Å². The molecule has 0 spiro atoms. The number of H-pyrrole nitrogens is 1. The third-order valence-corrected chi connectivity index (χ3v) is 2.87. The molecule has 3 nitrogen and oxygen atoms in total. The minimum absolute atomic E-state index is 0.0876. The molecule has 16 heavy (non-hydrogen) atoms. The second-order valence-corrected chi connectivity index (χ2v) is 4.88. The molecule has 0 aliphatic carbocycles. The molecule has 1 aromatic carbocycles. The average molecular weight is 217 g/mol. The Balaban J connectivity index is 2.47. The van der Waals surface area contributed by atoms with E-state index in [1.165, 1.54) is 5.39 Å². The largest absolute Gasteiger partial charge is 0.377 e. The van der Waals surface area contributed by atoms with Crippen molar-refractivity contribution in [1.29, 1.82) is 0 Å². The Bertz CT molecular complexity index is 497. The molecule has 0 aliphatic rings. The normalized spacial score (nSPS) is 12.0. The third kappa shape index (κ3) is 1.91. The van der Waals surface area contributed by atoms with Crippen LogP contribution >= 0.6 is 0 Å². The zero-order valence-electron chi connectivity index (χ0n) is 10.1. The first-order valence-corrected chi connectivity index (χ1v) is 5.59. The van der Waals surface area contributed by atoms with Crippen LogP contribution in [-0.4, -0.2) is 17.1 Å². The van der Waals surface area contributed by atoms with E-state index in [0.717, 1.165) is 16.9 Å². The number of aromatic amines is 1. The van der Waals surface area contributed by atoms with Gasteiger partial charge in [-0.1, -0.05) is 18.2 Å². The van der Waals surface area contributed by atoms with Gasteiger partial charge in [0, 0.05) is 28.7 Å². The van der Waals surface area contributed by atoms with Crippen LogP contribution in [0.1, 0.15) is 19.5 Å². The Kier molecular flexibility index (Phi) is 2.64. The predicted octanol–water partition coefficient (Wildman–Crippen LogP) is 2.63. The lowest BCUT2D eigenvalue weighted by molar-refractivity contribution is 0.580. The van der Waals surface area contributed by atoms with Crippen molar-refractivity contribution in [1.82, 2.24) is 4.98 Å². The summed E-state index contributed by atoms with van der Waals surface area (Å²) in [6.07, 6.45) is 0. The van der Waals surface area contributed by atoms with Gasteiger partial charge in [-0.3, -0.25) is 0 Å². The van der Waals surface area contributed by atoms with Crippen LogP contribution in [0.3, 0.4) is 0 Å². The van der Waals surface area contributed by atoms with Crippen molar-refractivity contribution in [3.8, 4) is 0 Å². The number of nitrogens with two attached hydrogens (primary N) is 1. The van der Waals surface area contributed by atoms with Gasteiger partial charge in [-0.2, -0.15) is 0 Å². The van der Waals surface area contributed by atoms with E-state index >= 15 is 0 Å². The molecule has 0 amide bonds. The number of benzene rings is 1. The standard InChI is InChI=1S/C13H19N3/c1-9-12(16-13(2,3)8-14)10-6-4-5-7-11(10)15-9/h4-7,15-16H,8,14H2,1-3H3. The van der Waals surface area contributed by atoms with Crippen LogP contribution in [0.25, 0.3) is 10.9 Å². The molecular weight excluding hydrogens is 198 g/mol. The maximum atomic E-state index is 5.74. The van der Waals surface area contributed by atoms with E-state index in [2.05, 4.69) is 49.3 Å². The number of fused-ring (bicyclic) bond motifs is 1. The van der Waals surface area contributed by atoms with Crippen molar-refractivity contribution in [3.05, 3.63) is 30.0 Å². The quantitative estimate of drug-likeness (QED) is 0.740.